The fraction of sp³-hybridized carbons (Fsp3) is 0.364. The zero-order valence-electron chi connectivity index (χ0n) is 15.9. The summed E-state index contributed by atoms with van der Waals surface area (Å²) in [6.07, 6.45) is 1.75. The number of benzene rings is 2. The van der Waals surface area contributed by atoms with E-state index in [1.807, 2.05) is 19.1 Å². The Bertz CT molecular complexity index is 791. The van der Waals surface area contributed by atoms with Crippen LogP contribution in [0.4, 0.5) is 0 Å². The molecular weight excluding hydrogens is 402 g/mol. The maximum atomic E-state index is 12.4. The molecule has 0 aromatic heterocycles. The highest BCUT2D eigenvalue weighted by Gasteiger charge is 2.24. The van der Waals surface area contributed by atoms with Crippen LogP contribution in [0.2, 0.25) is 0 Å². The Hall–Kier alpha value is -1.98. The van der Waals surface area contributed by atoms with Gasteiger partial charge < -0.3 is 0 Å². The molecule has 1 fully saturated rings. The van der Waals surface area contributed by atoms with Gasteiger partial charge in [0.2, 0.25) is 5.91 Å². The number of halogens is 1. The van der Waals surface area contributed by atoms with Crippen molar-refractivity contribution in [1.82, 2.24) is 10.3 Å². The Morgan fingerprint density at radius 3 is 2.37 bits per heavy atom. The molecule has 0 atom stereocenters. The van der Waals surface area contributed by atoms with E-state index in [-0.39, 0.29) is 11.8 Å². The van der Waals surface area contributed by atoms with Crippen molar-refractivity contribution in [1.29, 1.82) is 0 Å². The predicted molar refractivity (Wildman–Crippen MR) is 114 cm³/mol. The number of hydrazone groups is 1. The van der Waals surface area contributed by atoms with Gasteiger partial charge in [0.1, 0.15) is 0 Å². The Kier molecular flexibility index (Phi) is 6.80. The normalized spacial score (nSPS) is 16.3. The van der Waals surface area contributed by atoms with Crippen LogP contribution in [0, 0.1) is 12.8 Å². The number of aryl methyl sites for hydroxylation is 1. The Morgan fingerprint density at radius 2 is 1.74 bits per heavy atom. The summed E-state index contributed by atoms with van der Waals surface area (Å²) in [5, 5.41) is 4.29. The van der Waals surface area contributed by atoms with Crippen molar-refractivity contribution in [3.05, 3.63) is 69.7 Å². The standard InChI is InChI=1S/C22H26BrN3O/c1-16-3-7-19(8-4-16)17(2)24-25-22(27)20-11-13-26(14-12-20)15-18-5-9-21(23)10-6-18/h3-10,20H,11-15H2,1-2H3,(H,25,27). The van der Waals surface area contributed by atoms with Crippen LogP contribution in [0.1, 0.15) is 36.5 Å². The second-order valence-corrected chi connectivity index (χ2v) is 8.13. The highest BCUT2D eigenvalue weighted by molar-refractivity contribution is 9.10. The molecule has 2 aromatic carbocycles. The van der Waals surface area contributed by atoms with Gasteiger partial charge in [-0.3, -0.25) is 9.69 Å². The van der Waals surface area contributed by atoms with Gasteiger partial charge in [0.05, 0.1) is 5.71 Å². The third kappa shape index (κ3) is 5.75. The van der Waals surface area contributed by atoms with Gasteiger partial charge >= 0.3 is 0 Å². The second kappa shape index (κ2) is 9.29. The number of nitrogens with one attached hydrogen (secondary N) is 1. The lowest BCUT2D eigenvalue weighted by Crippen LogP contribution is -2.39. The summed E-state index contributed by atoms with van der Waals surface area (Å²) >= 11 is 3.47. The highest BCUT2D eigenvalue weighted by Crippen LogP contribution is 2.20. The average molecular weight is 428 g/mol. The van der Waals surface area contributed by atoms with Crippen LogP contribution in [0.5, 0.6) is 0 Å². The number of rotatable bonds is 5. The maximum absolute atomic E-state index is 12.4. The first-order valence-corrected chi connectivity index (χ1v) is 10.2. The van der Waals surface area contributed by atoms with E-state index < -0.39 is 0 Å². The fourth-order valence-corrected chi connectivity index (χ4v) is 3.56. The van der Waals surface area contributed by atoms with E-state index in [0.29, 0.717) is 0 Å². The van der Waals surface area contributed by atoms with Crippen LogP contribution < -0.4 is 5.43 Å². The third-order valence-corrected chi connectivity index (χ3v) is 5.61. The van der Waals surface area contributed by atoms with E-state index in [2.05, 4.69) is 74.7 Å². The molecule has 1 N–H and O–H groups in total. The van der Waals surface area contributed by atoms with Gasteiger partial charge in [-0.15, -0.1) is 0 Å². The van der Waals surface area contributed by atoms with E-state index in [4.69, 9.17) is 0 Å². The third-order valence-electron chi connectivity index (χ3n) is 5.08. The SMILES string of the molecule is CC(=NNC(=O)C1CCN(Cc2ccc(Br)cc2)CC1)c1ccc(C)cc1. The maximum Gasteiger partial charge on any atom is 0.243 e. The number of piperidine rings is 1. The lowest BCUT2D eigenvalue weighted by atomic mass is 9.96. The first-order chi connectivity index (χ1) is 13.0. The van der Waals surface area contributed by atoms with Crippen LogP contribution in [0.15, 0.2) is 58.1 Å². The minimum atomic E-state index is 0.0322. The molecule has 0 spiro atoms. The van der Waals surface area contributed by atoms with Crippen molar-refractivity contribution >= 4 is 27.5 Å². The number of carbonyl (C=O) groups excluding carboxylic acids is 1. The van der Waals surface area contributed by atoms with Gasteiger partial charge in [0, 0.05) is 16.9 Å². The minimum Gasteiger partial charge on any atom is -0.299 e. The van der Waals surface area contributed by atoms with E-state index >= 15 is 0 Å². The fourth-order valence-electron chi connectivity index (χ4n) is 3.29. The quantitative estimate of drug-likeness (QED) is 0.563. The van der Waals surface area contributed by atoms with Crippen molar-refractivity contribution in [2.45, 2.75) is 33.2 Å². The molecule has 1 aliphatic heterocycles. The molecule has 0 aliphatic carbocycles. The zero-order valence-corrected chi connectivity index (χ0v) is 17.5. The van der Waals surface area contributed by atoms with Crippen LogP contribution >= 0.6 is 15.9 Å². The number of hydrogen-bond acceptors (Lipinski definition) is 3. The lowest BCUT2D eigenvalue weighted by molar-refractivity contribution is -0.126. The van der Waals surface area contributed by atoms with Crippen LogP contribution in [0.25, 0.3) is 0 Å². The number of amides is 1. The molecule has 1 saturated heterocycles. The van der Waals surface area contributed by atoms with Crippen LogP contribution in [0.3, 0.4) is 0 Å². The van der Waals surface area contributed by atoms with E-state index in [1.165, 1.54) is 11.1 Å². The number of likely N-dealkylation sites (tertiary alicyclic amines) is 1. The van der Waals surface area contributed by atoms with Crippen molar-refractivity contribution in [3.63, 3.8) is 0 Å². The summed E-state index contributed by atoms with van der Waals surface area (Å²) in [7, 11) is 0. The first kappa shape index (κ1) is 19.8. The number of carbonyl (C=O) groups is 1. The molecule has 1 amide bonds. The Labute approximate surface area is 169 Å². The molecule has 1 heterocycles. The Balaban J connectivity index is 1.47. The zero-order chi connectivity index (χ0) is 19.2. The smallest absolute Gasteiger partial charge is 0.243 e. The van der Waals surface area contributed by atoms with Crippen LogP contribution in [-0.4, -0.2) is 29.6 Å². The molecule has 1 aliphatic rings. The molecule has 0 radical (unpaired) electrons. The van der Waals surface area contributed by atoms with Gasteiger partial charge in [-0.05, 0) is 63.0 Å². The topological polar surface area (TPSA) is 44.7 Å². The highest BCUT2D eigenvalue weighted by atomic mass is 79.9. The monoisotopic (exact) mass is 427 g/mol. The summed E-state index contributed by atoms with van der Waals surface area (Å²) in [4.78, 5) is 14.9. The summed E-state index contributed by atoms with van der Waals surface area (Å²) in [6.45, 7) is 6.79. The largest absolute Gasteiger partial charge is 0.299 e. The van der Waals surface area contributed by atoms with Crippen molar-refractivity contribution in [3.8, 4) is 0 Å². The first-order valence-electron chi connectivity index (χ1n) is 9.39. The molecule has 0 bridgehead atoms. The van der Waals surface area contributed by atoms with Gasteiger partial charge in [-0.1, -0.05) is 57.9 Å². The minimum absolute atomic E-state index is 0.0322. The van der Waals surface area contributed by atoms with Gasteiger partial charge in [-0.2, -0.15) is 5.10 Å². The molecule has 27 heavy (non-hydrogen) atoms. The lowest BCUT2D eigenvalue weighted by Gasteiger charge is -2.30. The summed E-state index contributed by atoms with van der Waals surface area (Å²) < 4.78 is 1.10. The van der Waals surface area contributed by atoms with Crippen molar-refractivity contribution in [2.75, 3.05) is 13.1 Å². The molecule has 4 nitrogen and oxygen atoms in total. The summed E-state index contributed by atoms with van der Waals surface area (Å²) in [6, 6.07) is 16.6. The molecule has 142 valence electrons. The summed E-state index contributed by atoms with van der Waals surface area (Å²) in [5.41, 5.74) is 7.14. The van der Waals surface area contributed by atoms with Gasteiger partial charge in [-0.25, -0.2) is 5.43 Å². The van der Waals surface area contributed by atoms with E-state index in [0.717, 1.165) is 48.2 Å². The molecule has 0 saturated carbocycles. The summed E-state index contributed by atoms with van der Waals surface area (Å²) in [5.74, 6) is 0.0745. The number of nitrogens with zero attached hydrogens (tertiary/aromatic N) is 2. The van der Waals surface area contributed by atoms with Crippen LogP contribution in [-0.2, 0) is 11.3 Å². The Morgan fingerprint density at radius 1 is 1.11 bits per heavy atom. The van der Waals surface area contributed by atoms with E-state index in [9.17, 15) is 4.79 Å². The second-order valence-electron chi connectivity index (χ2n) is 7.22. The van der Waals surface area contributed by atoms with Crippen molar-refractivity contribution < 1.29 is 4.79 Å². The molecule has 0 unspecified atom stereocenters. The molecule has 2 aromatic rings. The van der Waals surface area contributed by atoms with Crippen molar-refractivity contribution in [2.24, 2.45) is 11.0 Å². The number of hydrogen-bond donors (Lipinski definition) is 1. The predicted octanol–water partition coefficient (Wildman–Crippen LogP) is 4.51. The van der Waals surface area contributed by atoms with E-state index in [1.54, 1.807) is 0 Å². The molecule has 5 heteroatoms. The molecule has 3 rings (SSSR count). The molecular formula is C22H26BrN3O. The van der Waals surface area contributed by atoms with Gasteiger partial charge in [0.25, 0.3) is 0 Å². The average Bonchev–Trinajstić information content (AvgIpc) is 2.69. The van der Waals surface area contributed by atoms with Gasteiger partial charge in [0.15, 0.2) is 0 Å².